The van der Waals surface area contributed by atoms with Gasteiger partial charge in [-0.15, -0.1) is 0 Å². The lowest BCUT2D eigenvalue weighted by atomic mass is 10.3. The van der Waals surface area contributed by atoms with Crippen molar-refractivity contribution in [2.45, 2.75) is 47.1 Å². The summed E-state index contributed by atoms with van der Waals surface area (Å²) in [7, 11) is 0. The van der Waals surface area contributed by atoms with Gasteiger partial charge in [0, 0.05) is 13.1 Å². The summed E-state index contributed by atoms with van der Waals surface area (Å²) in [6.07, 6.45) is 1.14. The van der Waals surface area contributed by atoms with E-state index in [1.807, 2.05) is 25.7 Å². The summed E-state index contributed by atoms with van der Waals surface area (Å²) in [6.45, 7) is 15.3. The topological polar surface area (TPSA) is 32.8 Å². The second-order valence-corrected chi connectivity index (χ2v) is 4.71. The molecule has 0 spiro atoms. The van der Waals surface area contributed by atoms with E-state index in [1.54, 1.807) is 0 Å². The molecule has 0 aliphatic rings. The van der Waals surface area contributed by atoms with E-state index in [2.05, 4.69) is 18.7 Å². The summed E-state index contributed by atoms with van der Waals surface area (Å²) in [6, 6.07) is 0. The first-order valence-corrected chi connectivity index (χ1v) is 7.16. The second-order valence-electron chi connectivity index (χ2n) is 4.71. The summed E-state index contributed by atoms with van der Waals surface area (Å²) in [5, 5.41) is 0. The van der Waals surface area contributed by atoms with Crippen LogP contribution in [0.4, 0.5) is 0 Å². The number of hydrogen-bond acceptors (Lipinski definition) is 3. The van der Waals surface area contributed by atoms with E-state index in [0.717, 1.165) is 39.1 Å². The maximum Gasteiger partial charge on any atom is 0.248 e. The summed E-state index contributed by atoms with van der Waals surface area (Å²) in [5.41, 5.74) is 0. The Labute approximate surface area is 112 Å². The van der Waals surface area contributed by atoms with Crippen LogP contribution in [0, 0.1) is 0 Å². The molecule has 0 atom stereocenters. The Morgan fingerprint density at radius 1 is 1.06 bits per heavy atom. The van der Waals surface area contributed by atoms with Crippen molar-refractivity contribution in [3.8, 4) is 0 Å². The van der Waals surface area contributed by atoms with Gasteiger partial charge in [-0.2, -0.15) is 0 Å². The van der Waals surface area contributed by atoms with Crippen LogP contribution in [0.5, 0.6) is 0 Å². The van der Waals surface area contributed by atoms with Crippen LogP contribution >= 0.6 is 0 Å². The fourth-order valence-corrected chi connectivity index (χ4v) is 1.81. The number of amides is 1. The third kappa shape index (κ3) is 7.67. The molecule has 4 heteroatoms. The second kappa shape index (κ2) is 10.3. The average molecular weight is 258 g/mol. The molecule has 0 aromatic carbocycles. The molecule has 108 valence electrons. The number of carbonyl (C=O) groups excluding carboxylic acids is 1. The number of hydrogen-bond donors (Lipinski definition) is 0. The van der Waals surface area contributed by atoms with E-state index in [9.17, 15) is 4.79 Å². The number of carbonyl (C=O) groups is 1. The highest BCUT2D eigenvalue weighted by Crippen LogP contribution is 1.98. The zero-order valence-electron chi connectivity index (χ0n) is 12.7. The van der Waals surface area contributed by atoms with Gasteiger partial charge in [0.25, 0.3) is 0 Å². The van der Waals surface area contributed by atoms with E-state index < -0.39 is 0 Å². The Kier molecular flexibility index (Phi) is 9.98. The molecule has 0 unspecified atom stereocenters. The SMILES string of the molecule is CCN(CC)CCCN(CC)C(=O)COC(C)C. The molecule has 0 fully saturated rings. The quantitative estimate of drug-likeness (QED) is 0.601. The minimum absolute atomic E-state index is 0.103. The van der Waals surface area contributed by atoms with Crippen molar-refractivity contribution in [1.29, 1.82) is 0 Å². The Morgan fingerprint density at radius 3 is 2.11 bits per heavy atom. The van der Waals surface area contributed by atoms with Crippen LogP contribution in [-0.2, 0) is 9.53 Å². The molecule has 1 amide bonds. The van der Waals surface area contributed by atoms with Gasteiger partial charge in [-0.1, -0.05) is 13.8 Å². The van der Waals surface area contributed by atoms with Gasteiger partial charge in [-0.3, -0.25) is 4.79 Å². The standard InChI is InChI=1S/C14H30N2O2/c1-6-15(7-2)10-9-11-16(8-3)14(17)12-18-13(4)5/h13H,6-12H2,1-5H3. The van der Waals surface area contributed by atoms with Gasteiger partial charge < -0.3 is 14.5 Å². The summed E-state index contributed by atoms with van der Waals surface area (Å²) >= 11 is 0. The van der Waals surface area contributed by atoms with E-state index in [-0.39, 0.29) is 18.6 Å². The molecule has 0 aliphatic carbocycles. The van der Waals surface area contributed by atoms with Crippen molar-refractivity contribution in [2.75, 3.05) is 39.3 Å². The average Bonchev–Trinajstić information content (AvgIpc) is 2.36. The van der Waals surface area contributed by atoms with Crippen LogP contribution in [0.15, 0.2) is 0 Å². The lowest BCUT2D eigenvalue weighted by Gasteiger charge is -2.24. The van der Waals surface area contributed by atoms with Gasteiger partial charge >= 0.3 is 0 Å². The van der Waals surface area contributed by atoms with Crippen molar-refractivity contribution in [2.24, 2.45) is 0 Å². The highest BCUT2D eigenvalue weighted by atomic mass is 16.5. The zero-order chi connectivity index (χ0) is 14.0. The Bertz CT molecular complexity index is 216. The molecule has 0 radical (unpaired) electrons. The van der Waals surface area contributed by atoms with Crippen LogP contribution in [0.1, 0.15) is 41.0 Å². The lowest BCUT2D eigenvalue weighted by molar-refractivity contribution is -0.137. The Morgan fingerprint density at radius 2 is 1.67 bits per heavy atom. The Balaban J connectivity index is 3.91. The van der Waals surface area contributed by atoms with Crippen LogP contribution < -0.4 is 0 Å². The van der Waals surface area contributed by atoms with Crippen LogP contribution in [0.25, 0.3) is 0 Å². The molecule has 0 saturated carbocycles. The molecule has 0 saturated heterocycles. The van der Waals surface area contributed by atoms with Crippen molar-refractivity contribution < 1.29 is 9.53 Å². The maximum absolute atomic E-state index is 11.9. The molecule has 0 aromatic rings. The minimum atomic E-state index is 0.103. The summed E-state index contributed by atoms with van der Waals surface area (Å²) in [5.74, 6) is 0.103. The maximum atomic E-state index is 11.9. The third-order valence-electron chi connectivity index (χ3n) is 3.07. The number of likely N-dealkylation sites (N-methyl/N-ethyl adjacent to an activating group) is 1. The number of nitrogens with zero attached hydrogens (tertiary/aromatic N) is 2. The first-order chi connectivity index (χ1) is 8.54. The largest absolute Gasteiger partial charge is 0.369 e. The smallest absolute Gasteiger partial charge is 0.248 e. The molecule has 0 rings (SSSR count). The summed E-state index contributed by atoms with van der Waals surface area (Å²) in [4.78, 5) is 16.1. The van der Waals surface area contributed by atoms with Gasteiger partial charge in [-0.25, -0.2) is 0 Å². The summed E-state index contributed by atoms with van der Waals surface area (Å²) < 4.78 is 5.35. The highest BCUT2D eigenvalue weighted by molar-refractivity contribution is 5.77. The first kappa shape index (κ1) is 17.4. The van der Waals surface area contributed by atoms with E-state index >= 15 is 0 Å². The molecular formula is C14H30N2O2. The minimum Gasteiger partial charge on any atom is -0.369 e. The molecular weight excluding hydrogens is 228 g/mol. The van der Waals surface area contributed by atoms with Crippen LogP contribution in [0.2, 0.25) is 0 Å². The van der Waals surface area contributed by atoms with Crippen molar-refractivity contribution in [3.63, 3.8) is 0 Å². The number of rotatable bonds is 10. The van der Waals surface area contributed by atoms with Crippen molar-refractivity contribution >= 4 is 5.91 Å². The number of ether oxygens (including phenoxy) is 1. The van der Waals surface area contributed by atoms with E-state index in [1.165, 1.54) is 0 Å². The normalized spacial score (nSPS) is 11.3. The Hall–Kier alpha value is -0.610. The predicted molar refractivity (Wildman–Crippen MR) is 75.7 cm³/mol. The molecule has 0 heterocycles. The van der Waals surface area contributed by atoms with E-state index in [0.29, 0.717) is 0 Å². The van der Waals surface area contributed by atoms with Gasteiger partial charge in [-0.05, 0) is 46.8 Å². The van der Waals surface area contributed by atoms with Gasteiger partial charge in [0.15, 0.2) is 0 Å². The van der Waals surface area contributed by atoms with E-state index in [4.69, 9.17) is 4.74 Å². The highest BCUT2D eigenvalue weighted by Gasteiger charge is 2.12. The first-order valence-electron chi connectivity index (χ1n) is 7.16. The van der Waals surface area contributed by atoms with Crippen molar-refractivity contribution in [3.05, 3.63) is 0 Å². The molecule has 18 heavy (non-hydrogen) atoms. The van der Waals surface area contributed by atoms with Gasteiger partial charge in [0.05, 0.1) is 6.10 Å². The molecule has 0 aliphatic heterocycles. The zero-order valence-corrected chi connectivity index (χ0v) is 12.7. The van der Waals surface area contributed by atoms with Crippen molar-refractivity contribution in [1.82, 2.24) is 9.80 Å². The molecule has 0 aromatic heterocycles. The fraction of sp³-hybridized carbons (Fsp3) is 0.929. The molecule has 0 bridgehead atoms. The molecule has 4 nitrogen and oxygen atoms in total. The van der Waals surface area contributed by atoms with Crippen LogP contribution in [0.3, 0.4) is 0 Å². The molecule has 0 N–H and O–H groups in total. The lowest BCUT2D eigenvalue weighted by Crippen LogP contribution is -2.37. The third-order valence-corrected chi connectivity index (χ3v) is 3.07. The van der Waals surface area contributed by atoms with Crippen LogP contribution in [-0.4, -0.2) is 61.1 Å². The monoisotopic (exact) mass is 258 g/mol. The van der Waals surface area contributed by atoms with Gasteiger partial charge in [0.2, 0.25) is 5.91 Å². The van der Waals surface area contributed by atoms with Gasteiger partial charge in [0.1, 0.15) is 6.61 Å². The fourth-order valence-electron chi connectivity index (χ4n) is 1.81. The predicted octanol–water partition coefficient (Wildman–Crippen LogP) is 1.99.